The number of carbonyl (C=O) groups excluding carboxylic acids is 1. The van der Waals surface area contributed by atoms with Gasteiger partial charge in [0.2, 0.25) is 0 Å². The van der Waals surface area contributed by atoms with Crippen molar-refractivity contribution in [3.05, 3.63) is 33.3 Å². The van der Waals surface area contributed by atoms with Crippen molar-refractivity contribution in [1.82, 2.24) is 15.3 Å². The Balaban J connectivity index is 1.08. The normalized spacial score (nSPS) is 24.8. The number of ether oxygens (including phenoxy) is 2. The van der Waals surface area contributed by atoms with Gasteiger partial charge in [-0.15, -0.1) is 22.7 Å². The highest BCUT2D eigenvalue weighted by atomic mass is 32.1. The number of fused-ring (bicyclic) bond motifs is 2. The Labute approximate surface area is 218 Å². The summed E-state index contributed by atoms with van der Waals surface area (Å²) in [6.45, 7) is 4.01. The predicted molar refractivity (Wildman–Crippen MR) is 143 cm³/mol. The van der Waals surface area contributed by atoms with Crippen molar-refractivity contribution in [2.45, 2.75) is 62.8 Å². The third kappa shape index (κ3) is 4.47. The fourth-order valence-electron chi connectivity index (χ4n) is 5.19. The number of nitrogens with two attached hydrogens (primary N) is 2. The largest absolute Gasteiger partial charge is 0.396 e. The summed E-state index contributed by atoms with van der Waals surface area (Å²) in [5.41, 5.74) is 15.4. The van der Waals surface area contributed by atoms with E-state index in [0.29, 0.717) is 17.2 Å². The summed E-state index contributed by atoms with van der Waals surface area (Å²) in [4.78, 5) is 26.0. The minimum atomic E-state index is -0.114. The Hall–Kier alpha value is -2.31. The molecule has 3 aromatic heterocycles. The van der Waals surface area contributed by atoms with Crippen LogP contribution >= 0.6 is 22.7 Å². The lowest BCUT2D eigenvalue weighted by Crippen LogP contribution is -2.39. The highest BCUT2D eigenvalue weighted by Gasteiger charge is 2.45. The van der Waals surface area contributed by atoms with Crippen molar-refractivity contribution in [2.75, 3.05) is 37.4 Å². The van der Waals surface area contributed by atoms with E-state index in [1.807, 2.05) is 6.92 Å². The zero-order chi connectivity index (χ0) is 25.0. The molecule has 192 valence electrons. The molecule has 3 unspecified atom stereocenters. The number of nitrogen functional groups attached to an aromatic ring is 1. The summed E-state index contributed by atoms with van der Waals surface area (Å²) < 4.78 is 12.6. The molecular weight excluding hydrogens is 496 g/mol. The number of amides is 1. The van der Waals surface area contributed by atoms with Gasteiger partial charge in [0, 0.05) is 31.9 Å². The van der Waals surface area contributed by atoms with E-state index < -0.39 is 0 Å². The molecule has 1 saturated heterocycles. The quantitative estimate of drug-likeness (QED) is 0.427. The van der Waals surface area contributed by atoms with Gasteiger partial charge in [0.1, 0.15) is 15.5 Å². The van der Waals surface area contributed by atoms with Gasteiger partial charge < -0.3 is 31.2 Å². The Morgan fingerprint density at radius 1 is 1.28 bits per heavy atom. The zero-order valence-corrected chi connectivity index (χ0v) is 22.2. The molecule has 1 saturated carbocycles. The van der Waals surface area contributed by atoms with Gasteiger partial charge in [-0.3, -0.25) is 4.79 Å². The van der Waals surface area contributed by atoms with E-state index in [0.717, 1.165) is 71.2 Å². The molecule has 1 amide bonds. The number of hydrogen-bond acceptors (Lipinski definition) is 10. The van der Waals surface area contributed by atoms with Crippen LogP contribution in [0, 0.1) is 6.92 Å². The molecule has 11 heteroatoms. The van der Waals surface area contributed by atoms with Crippen LogP contribution in [0.15, 0.2) is 12.1 Å². The summed E-state index contributed by atoms with van der Waals surface area (Å²) in [5.74, 6) is 0.830. The first kappa shape index (κ1) is 24.1. The minimum absolute atomic E-state index is 0.0193. The van der Waals surface area contributed by atoms with E-state index in [9.17, 15) is 4.79 Å². The van der Waals surface area contributed by atoms with Crippen LogP contribution in [-0.4, -0.2) is 66.5 Å². The Morgan fingerprint density at radius 2 is 2.11 bits per heavy atom. The van der Waals surface area contributed by atoms with Crippen LogP contribution in [0.25, 0.3) is 9.53 Å². The van der Waals surface area contributed by atoms with E-state index in [-0.39, 0.29) is 29.7 Å². The average Bonchev–Trinajstić information content (AvgIpc) is 3.28. The molecule has 6 rings (SSSR count). The molecule has 2 fully saturated rings. The Bertz CT molecular complexity index is 1300. The zero-order valence-electron chi connectivity index (χ0n) is 20.6. The number of thiophene rings is 1. The second-order valence-electron chi connectivity index (χ2n) is 10.2. The molecule has 0 spiro atoms. The van der Waals surface area contributed by atoms with Gasteiger partial charge in [-0.1, -0.05) is 6.07 Å². The molecule has 0 radical (unpaired) electrons. The summed E-state index contributed by atoms with van der Waals surface area (Å²) in [6, 6.07) is 4.21. The maximum absolute atomic E-state index is 13.0. The first-order valence-electron chi connectivity index (χ1n) is 12.5. The number of anilines is 2. The Morgan fingerprint density at radius 3 is 2.86 bits per heavy atom. The lowest BCUT2D eigenvalue weighted by atomic mass is 9.91. The van der Waals surface area contributed by atoms with Crippen LogP contribution in [0.4, 0.5) is 11.5 Å². The van der Waals surface area contributed by atoms with Gasteiger partial charge in [-0.25, -0.2) is 9.97 Å². The highest BCUT2D eigenvalue weighted by molar-refractivity contribution is 7.29. The number of pyridine rings is 1. The van der Waals surface area contributed by atoms with Gasteiger partial charge in [0.15, 0.2) is 0 Å². The number of aryl methyl sites for hydroxylation is 2. The first-order valence-corrected chi connectivity index (χ1v) is 14.1. The van der Waals surface area contributed by atoms with Crippen molar-refractivity contribution in [2.24, 2.45) is 5.73 Å². The molecule has 1 aliphatic heterocycles. The average molecular weight is 529 g/mol. The second kappa shape index (κ2) is 9.21. The van der Waals surface area contributed by atoms with E-state index >= 15 is 0 Å². The van der Waals surface area contributed by atoms with Gasteiger partial charge in [0.25, 0.3) is 5.91 Å². The van der Waals surface area contributed by atoms with E-state index in [1.54, 1.807) is 7.11 Å². The maximum atomic E-state index is 13.0. The van der Waals surface area contributed by atoms with Gasteiger partial charge in [-0.05, 0) is 50.7 Å². The fourth-order valence-corrected chi connectivity index (χ4v) is 7.28. The first-order chi connectivity index (χ1) is 17.3. The lowest BCUT2D eigenvalue weighted by molar-refractivity contribution is -0.0383. The molecule has 4 heterocycles. The van der Waals surface area contributed by atoms with Crippen molar-refractivity contribution in [3.8, 4) is 0 Å². The predicted octanol–water partition coefficient (Wildman–Crippen LogP) is 2.64. The van der Waals surface area contributed by atoms with Crippen LogP contribution in [0.3, 0.4) is 0 Å². The highest BCUT2D eigenvalue weighted by Crippen LogP contribution is 2.40. The lowest BCUT2D eigenvalue weighted by Gasteiger charge is -2.26. The third-order valence-corrected chi connectivity index (χ3v) is 9.85. The van der Waals surface area contributed by atoms with Crippen molar-refractivity contribution >= 4 is 49.6 Å². The van der Waals surface area contributed by atoms with Crippen LogP contribution in [0.1, 0.15) is 45.2 Å². The summed E-state index contributed by atoms with van der Waals surface area (Å²) in [5, 5.41) is 4.15. The molecule has 0 aromatic carbocycles. The van der Waals surface area contributed by atoms with E-state index in [4.69, 9.17) is 25.9 Å². The Kier molecular flexibility index (Phi) is 6.16. The monoisotopic (exact) mass is 528 g/mol. The van der Waals surface area contributed by atoms with E-state index in [2.05, 4.69) is 27.3 Å². The summed E-state index contributed by atoms with van der Waals surface area (Å²) in [7, 11) is 1.75. The van der Waals surface area contributed by atoms with Crippen LogP contribution < -0.4 is 21.7 Å². The molecule has 0 bridgehead atoms. The standard InChI is InChI=1S/C25H32N6O3S2/c1-13-28-24-22(35-13)20(27)21(36-24)23(32)29-15-4-5-17-14(9-15)3-6-19(30-17)31-10-16(26)18(11-31)34-12-25(33-2)7-8-25/h3,6,15-16,18H,4-5,7-12,26-27H2,1-2H3,(H,29,32). The molecule has 9 nitrogen and oxygen atoms in total. The molecule has 36 heavy (non-hydrogen) atoms. The summed E-state index contributed by atoms with van der Waals surface area (Å²) >= 11 is 2.90. The van der Waals surface area contributed by atoms with Crippen LogP contribution in [-0.2, 0) is 22.3 Å². The number of rotatable bonds is 7. The molecule has 2 aliphatic carbocycles. The SMILES string of the molecule is COC1(COC2CN(c3ccc4c(n3)CCC(NC(=O)c3sc5nc(C)sc5c3N)C4)CC2N)CC1. The molecular formula is C25H32N6O3S2. The van der Waals surface area contributed by atoms with Crippen molar-refractivity contribution in [3.63, 3.8) is 0 Å². The number of carbonyl (C=O) groups is 1. The number of hydrogen-bond donors (Lipinski definition) is 3. The van der Waals surface area contributed by atoms with Crippen LogP contribution in [0.2, 0.25) is 0 Å². The maximum Gasteiger partial charge on any atom is 0.263 e. The topological polar surface area (TPSA) is 129 Å². The number of nitrogens with one attached hydrogen (secondary N) is 1. The summed E-state index contributed by atoms with van der Waals surface area (Å²) in [6.07, 6.45) is 4.51. The number of aromatic nitrogens is 2. The minimum Gasteiger partial charge on any atom is -0.396 e. The van der Waals surface area contributed by atoms with Gasteiger partial charge in [0.05, 0.1) is 39.7 Å². The number of thiazole rings is 1. The van der Waals surface area contributed by atoms with E-state index in [1.165, 1.54) is 28.2 Å². The van der Waals surface area contributed by atoms with Crippen molar-refractivity contribution in [1.29, 1.82) is 0 Å². The van der Waals surface area contributed by atoms with Crippen molar-refractivity contribution < 1.29 is 14.3 Å². The molecule has 3 atom stereocenters. The van der Waals surface area contributed by atoms with Gasteiger partial charge in [-0.2, -0.15) is 0 Å². The fraction of sp³-hybridized carbons (Fsp3) is 0.560. The van der Waals surface area contributed by atoms with Crippen LogP contribution in [0.5, 0.6) is 0 Å². The third-order valence-electron chi connectivity index (χ3n) is 7.62. The second-order valence-corrected chi connectivity index (χ2v) is 12.4. The number of methoxy groups -OCH3 is 1. The molecule has 3 aromatic rings. The van der Waals surface area contributed by atoms with Gasteiger partial charge >= 0.3 is 0 Å². The smallest absolute Gasteiger partial charge is 0.263 e. The molecule has 5 N–H and O–H groups in total. The number of nitrogens with zero attached hydrogens (tertiary/aromatic N) is 3. The molecule has 3 aliphatic rings.